The Morgan fingerprint density at radius 2 is 1.96 bits per heavy atom. The van der Waals surface area contributed by atoms with Gasteiger partial charge in [0, 0.05) is 34.1 Å². The van der Waals surface area contributed by atoms with Gasteiger partial charge in [0.1, 0.15) is 11.0 Å². The second-order valence-corrected chi connectivity index (χ2v) is 8.17. The predicted molar refractivity (Wildman–Crippen MR) is 112 cm³/mol. The third kappa shape index (κ3) is 4.04. The van der Waals surface area contributed by atoms with Crippen LogP contribution in [0.3, 0.4) is 0 Å². The molecule has 0 fully saturated rings. The molecule has 4 rings (SSSR count). The van der Waals surface area contributed by atoms with E-state index in [1.807, 2.05) is 61.4 Å². The smallest absolute Gasteiger partial charge is 0.211 e. The highest BCUT2D eigenvalue weighted by Crippen LogP contribution is 2.27. The van der Waals surface area contributed by atoms with E-state index in [2.05, 4.69) is 25.7 Å². The summed E-state index contributed by atoms with van der Waals surface area (Å²) in [7, 11) is 0. The molecule has 3 heterocycles. The van der Waals surface area contributed by atoms with Crippen molar-refractivity contribution in [2.45, 2.75) is 26.4 Å². The fourth-order valence-electron chi connectivity index (χ4n) is 2.68. The first-order chi connectivity index (χ1) is 13.5. The highest BCUT2D eigenvalue weighted by atomic mass is 35.5. The van der Waals surface area contributed by atoms with E-state index in [9.17, 15) is 0 Å². The van der Waals surface area contributed by atoms with Crippen LogP contribution in [0.15, 0.2) is 42.9 Å². The van der Waals surface area contributed by atoms with E-state index in [-0.39, 0.29) is 6.04 Å². The maximum Gasteiger partial charge on any atom is 0.211 e. The normalized spacial score (nSPS) is 12.3. The number of hydrogen-bond acceptors (Lipinski definition) is 6. The highest BCUT2D eigenvalue weighted by molar-refractivity contribution is 7.15. The molecule has 4 aromatic rings. The van der Waals surface area contributed by atoms with Crippen LogP contribution in [0.4, 0.5) is 10.9 Å². The maximum absolute atomic E-state index is 6.24. The van der Waals surface area contributed by atoms with Gasteiger partial charge in [0.05, 0.1) is 12.7 Å². The molecule has 0 aliphatic carbocycles. The summed E-state index contributed by atoms with van der Waals surface area (Å²) in [6.07, 6.45) is 5.67. The van der Waals surface area contributed by atoms with Crippen LogP contribution in [0, 0.1) is 6.92 Å². The number of nitrogens with zero attached hydrogens (tertiary/aromatic N) is 6. The molecule has 0 amide bonds. The lowest BCUT2D eigenvalue weighted by Gasteiger charge is -2.07. The quantitative estimate of drug-likeness (QED) is 0.465. The Bertz CT molecular complexity index is 1080. The number of rotatable bonds is 6. The summed E-state index contributed by atoms with van der Waals surface area (Å²) in [5.74, 6) is 0.675. The fourth-order valence-corrected chi connectivity index (χ4v) is 4.00. The summed E-state index contributed by atoms with van der Waals surface area (Å²) >= 11 is 13.9. The maximum atomic E-state index is 6.24. The first kappa shape index (κ1) is 18.9. The van der Waals surface area contributed by atoms with Gasteiger partial charge < -0.3 is 5.32 Å². The van der Waals surface area contributed by atoms with E-state index < -0.39 is 0 Å². The van der Waals surface area contributed by atoms with Gasteiger partial charge in [-0.3, -0.25) is 9.36 Å². The molecule has 28 heavy (non-hydrogen) atoms. The second-order valence-electron chi connectivity index (χ2n) is 6.34. The van der Waals surface area contributed by atoms with Crippen molar-refractivity contribution in [3.05, 3.63) is 69.0 Å². The van der Waals surface area contributed by atoms with E-state index in [1.54, 1.807) is 4.68 Å². The monoisotopic (exact) mass is 433 g/mol. The lowest BCUT2D eigenvalue weighted by atomic mass is 10.2. The van der Waals surface area contributed by atoms with Gasteiger partial charge in [0.2, 0.25) is 5.13 Å². The number of nitrogens with one attached hydrogen (secondary N) is 1. The second kappa shape index (κ2) is 7.90. The van der Waals surface area contributed by atoms with Crippen molar-refractivity contribution in [1.29, 1.82) is 0 Å². The van der Waals surface area contributed by atoms with E-state index in [0.717, 1.165) is 16.1 Å². The average molecular weight is 434 g/mol. The van der Waals surface area contributed by atoms with E-state index in [4.69, 9.17) is 23.2 Å². The van der Waals surface area contributed by atoms with Crippen molar-refractivity contribution in [2.24, 2.45) is 0 Å². The third-order valence-corrected chi connectivity index (χ3v) is 5.90. The summed E-state index contributed by atoms with van der Waals surface area (Å²) in [6, 6.07) is 7.34. The number of hydrogen-bond donors (Lipinski definition) is 1. The van der Waals surface area contributed by atoms with Crippen LogP contribution in [-0.4, -0.2) is 29.8 Å². The van der Waals surface area contributed by atoms with Crippen LogP contribution in [-0.2, 0) is 6.54 Å². The van der Waals surface area contributed by atoms with Gasteiger partial charge in [0.15, 0.2) is 5.82 Å². The Balaban J connectivity index is 1.45. The Hall–Kier alpha value is -2.42. The average Bonchev–Trinajstić information content (AvgIpc) is 3.40. The van der Waals surface area contributed by atoms with Crippen molar-refractivity contribution < 1.29 is 0 Å². The summed E-state index contributed by atoms with van der Waals surface area (Å²) in [5, 5.41) is 23.3. The minimum atomic E-state index is 0.0154. The van der Waals surface area contributed by atoms with Crippen LogP contribution < -0.4 is 5.32 Å². The molecule has 1 N–H and O–H groups in total. The van der Waals surface area contributed by atoms with Crippen molar-refractivity contribution >= 4 is 45.5 Å². The molecule has 0 aliphatic heterocycles. The summed E-state index contributed by atoms with van der Waals surface area (Å²) in [4.78, 5) is 0. The number of aromatic nitrogens is 6. The van der Waals surface area contributed by atoms with Crippen molar-refractivity contribution in [3.63, 3.8) is 0 Å². The minimum Gasteiger partial charge on any atom is -0.313 e. The lowest BCUT2D eigenvalue weighted by Crippen LogP contribution is -2.06. The third-order valence-electron chi connectivity index (χ3n) is 4.18. The van der Waals surface area contributed by atoms with Crippen LogP contribution in [0.1, 0.15) is 29.1 Å². The van der Waals surface area contributed by atoms with Crippen molar-refractivity contribution in [2.75, 3.05) is 5.32 Å². The number of aryl methyl sites for hydroxylation is 1. The zero-order chi connectivity index (χ0) is 19.7. The van der Waals surface area contributed by atoms with Crippen LogP contribution >= 0.6 is 34.5 Å². The summed E-state index contributed by atoms with van der Waals surface area (Å²) < 4.78 is 3.65. The molecule has 1 atom stereocenters. The van der Waals surface area contributed by atoms with E-state index >= 15 is 0 Å². The van der Waals surface area contributed by atoms with Gasteiger partial charge >= 0.3 is 0 Å². The first-order valence-electron chi connectivity index (χ1n) is 8.57. The van der Waals surface area contributed by atoms with Gasteiger partial charge in [-0.15, -0.1) is 10.2 Å². The standard InChI is InChI=1S/C18H17Cl2N7S/c1-11-8-21-27(9-11)12(2)17-23-24-18(28-17)22-16-6-7-26(25-16)10-13-14(19)4-3-5-15(13)20/h3-9,12H,10H2,1-2H3,(H,22,24,25)/t12-/m0/s1. The zero-order valence-corrected chi connectivity index (χ0v) is 17.5. The molecule has 10 heteroatoms. The molecule has 0 radical (unpaired) electrons. The van der Waals surface area contributed by atoms with E-state index in [1.165, 1.54) is 11.3 Å². The lowest BCUT2D eigenvalue weighted by molar-refractivity contribution is 0.557. The largest absolute Gasteiger partial charge is 0.313 e. The number of halogens is 2. The Labute approximate surface area is 175 Å². The molecular weight excluding hydrogens is 417 g/mol. The van der Waals surface area contributed by atoms with Crippen LogP contribution in [0.2, 0.25) is 10.0 Å². The Morgan fingerprint density at radius 3 is 2.68 bits per heavy atom. The number of benzene rings is 1. The summed E-state index contributed by atoms with van der Waals surface area (Å²) in [5.41, 5.74) is 1.95. The molecule has 0 spiro atoms. The molecule has 7 nitrogen and oxygen atoms in total. The predicted octanol–water partition coefficient (Wildman–Crippen LogP) is 4.95. The molecular formula is C18H17Cl2N7S. The van der Waals surface area contributed by atoms with Gasteiger partial charge in [-0.2, -0.15) is 10.2 Å². The summed E-state index contributed by atoms with van der Waals surface area (Å²) in [6.45, 7) is 4.53. The number of anilines is 2. The fraction of sp³-hybridized carbons (Fsp3) is 0.222. The SMILES string of the molecule is Cc1cnn([C@@H](C)c2nnc(Nc3ccn(Cc4c(Cl)cccc4Cl)n3)s2)c1. The van der Waals surface area contributed by atoms with Gasteiger partial charge in [-0.05, 0) is 31.5 Å². The van der Waals surface area contributed by atoms with E-state index in [0.29, 0.717) is 27.5 Å². The molecule has 0 bridgehead atoms. The molecule has 0 saturated carbocycles. The van der Waals surface area contributed by atoms with Gasteiger partial charge in [-0.1, -0.05) is 40.6 Å². The molecule has 0 saturated heterocycles. The van der Waals surface area contributed by atoms with Gasteiger partial charge in [-0.25, -0.2) is 0 Å². The molecule has 0 unspecified atom stereocenters. The molecule has 1 aromatic carbocycles. The van der Waals surface area contributed by atoms with Gasteiger partial charge in [0.25, 0.3) is 0 Å². The van der Waals surface area contributed by atoms with Crippen molar-refractivity contribution in [3.8, 4) is 0 Å². The van der Waals surface area contributed by atoms with Crippen molar-refractivity contribution in [1.82, 2.24) is 29.8 Å². The molecule has 0 aliphatic rings. The van der Waals surface area contributed by atoms with Crippen LogP contribution in [0.25, 0.3) is 0 Å². The first-order valence-corrected chi connectivity index (χ1v) is 10.1. The Morgan fingerprint density at radius 1 is 1.18 bits per heavy atom. The minimum absolute atomic E-state index is 0.0154. The van der Waals surface area contributed by atoms with Crippen LogP contribution in [0.5, 0.6) is 0 Å². The molecule has 144 valence electrons. The zero-order valence-electron chi connectivity index (χ0n) is 15.2. The topological polar surface area (TPSA) is 73.5 Å². The Kier molecular flexibility index (Phi) is 5.34. The highest BCUT2D eigenvalue weighted by Gasteiger charge is 2.15. The molecule has 3 aromatic heterocycles.